The van der Waals surface area contributed by atoms with Gasteiger partial charge >= 0.3 is 11.9 Å². The minimum Gasteiger partial charge on any atom is -0.508 e. The van der Waals surface area contributed by atoms with Gasteiger partial charge in [-0.3, -0.25) is 0 Å². The molecule has 0 fully saturated rings. The highest BCUT2D eigenvalue weighted by atomic mass is 16.5. The first-order chi connectivity index (χ1) is 9.06. The molecule has 19 heavy (non-hydrogen) atoms. The van der Waals surface area contributed by atoms with E-state index < -0.39 is 11.9 Å². The van der Waals surface area contributed by atoms with Gasteiger partial charge < -0.3 is 14.9 Å². The number of phenols is 1. The number of benzene rings is 2. The summed E-state index contributed by atoms with van der Waals surface area (Å²) < 4.78 is 5.05. The van der Waals surface area contributed by atoms with E-state index in [1.807, 2.05) is 0 Å². The lowest BCUT2D eigenvalue weighted by atomic mass is 10.2. The zero-order valence-corrected chi connectivity index (χ0v) is 9.74. The van der Waals surface area contributed by atoms with Crippen molar-refractivity contribution in [1.29, 1.82) is 0 Å². The van der Waals surface area contributed by atoms with Gasteiger partial charge in [-0.05, 0) is 42.5 Å². The number of hydrogen-bond acceptors (Lipinski definition) is 4. The number of rotatable bonds is 3. The second-order valence-electron chi connectivity index (χ2n) is 3.77. The van der Waals surface area contributed by atoms with Gasteiger partial charge in [0.2, 0.25) is 0 Å². The van der Waals surface area contributed by atoms with E-state index in [-0.39, 0.29) is 22.6 Å². The minimum absolute atomic E-state index is 0.0318. The van der Waals surface area contributed by atoms with Crippen molar-refractivity contribution in [3.8, 4) is 11.5 Å². The van der Waals surface area contributed by atoms with Gasteiger partial charge in [-0.2, -0.15) is 0 Å². The minimum atomic E-state index is -1.05. The van der Waals surface area contributed by atoms with E-state index in [2.05, 4.69) is 0 Å². The molecular weight excluding hydrogens is 248 g/mol. The van der Waals surface area contributed by atoms with E-state index in [0.717, 1.165) is 0 Å². The lowest BCUT2D eigenvalue weighted by Gasteiger charge is -2.04. The molecule has 0 saturated heterocycles. The molecule has 0 heterocycles. The fourth-order valence-electron chi connectivity index (χ4n) is 1.46. The molecule has 0 aliphatic carbocycles. The molecule has 2 aromatic carbocycles. The molecule has 0 spiro atoms. The molecule has 0 aliphatic heterocycles. The van der Waals surface area contributed by atoms with Gasteiger partial charge in [0, 0.05) is 0 Å². The molecule has 5 heteroatoms. The van der Waals surface area contributed by atoms with Gasteiger partial charge in [0.1, 0.15) is 11.5 Å². The number of aromatic carboxylic acids is 1. The number of carboxylic acid groups (broad SMARTS) is 1. The Kier molecular flexibility index (Phi) is 3.47. The molecule has 0 amide bonds. The highest BCUT2D eigenvalue weighted by molar-refractivity contribution is 5.92. The molecule has 2 N–H and O–H groups in total. The van der Waals surface area contributed by atoms with Crippen LogP contribution in [0.2, 0.25) is 0 Å². The van der Waals surface area contributed by atoms with Crippen molar-refractivity contribution in [3.05, 3.63) is 59.7 Å². The number of carbonyl (C=O) groups excluding carboxylic acids is 1. The highest BCUT2D eigenvalue weighted by Crippen LogP contribution is 2.16. The maximum Gasteiger partial charge on any atom is 0.343 e. The molecular formula is C14H10O5. The first-order valence-corrected chi connectivity index (χ1v) is 5.41. The lowest BCUT2D eigenvalue weighted by Crippen LogP contribution is -2.08. The monoisotopic (exact) mass is 258 g/mol. The molecule has 96 valence electrons. The van der Waals surface area contributed by atoms with Crippen molar-refractivity contribution >= 4 is 11.9 Å². The third kappa shape index (κ3) is 3.10. The van der Waals surface area contributed by atoms with Crippen molar-refractivity contribution in [2.24, 2.45) is 0 Å². The molecule has 0 saturated carbocycles. The summed E-state index contributed by atoms with van der Waals surface area (Å²) in [5, 5.41) is 18.0. The Labute approximate surface area is 108 Å². The number of carboxylic acids is 1. The second-order valence-corrected chi connectivity index (χ2v) is 3.77. The summed E-state index contributed by atoms with van der Waals surface area (Å²) in [5.41, 5.74) is 0.319. The van der Waals surface area contributed by atoms with E-state index in [1.54, 1.807) is 0 Å². The van der Waals surface area contributed by atoms with Crippen molar-refractivity contribution in [1.82, 2.24) is 0 Å². The fourth-order valence-corrected chi connectivity index (χ4v) is 1.46. The van der Waals surface area contributed by atoms with Crippen molar-refractivity contribution in [3.63, 3.8) is 0 Å². The van der Waals surface area contributed by atoms with Crippen LogP contribution in [0.5, 0.6) is 11.5 Å². The average Bonchev–Trinajstić information content (AvgIpc) is 2.39. The molecule has 2 aromatic rings. The van der Waals surface area contributed by atoms with Gasteiger partial charge in [-0.25, -0.2) is 9.59 Å². The zero-order chi connectivity index (χ0) is 13.8. The standard InChI is InChI=1S/C14H10O5/c15-11-3-1-2-10(8-11)14(18)19-12-6-4-9(5-7-12)13(16)17/h1-8,15H,(H,16,17). The molecule has 5 nitrogen and oxygen atoms in total. The summed E-state index contributed by atoms with van der Waals surface area (Å²) in [5.74, 6) is -1.47. The molecule has 2 rings (SSSR count). The first kappa shape index (κ1) is 12.6. The Bertz CT molecular complexity index is 616. The summed E-state index contributed by atoms with van der Waals surface area (Å²) in [6, 6.07) is 11.2. The summed E-state index contributed by atoms with van der Waals surface area (Å²) in [4.78, 5) is 22.4. The SMILES string of the molecule is O=C(O)c1ccc(OC(=O)c2cccc(O)c2)cc1. The van der Waals surface area contributed by atoms with Crippen LogP contribution in [-0.4, -0.2) is 22.2 Å². The van der Waals surface area contributed by atoms with E-state index in [9.17, 15) is 14.7 Å². The zero-order valence-electron chi connectivity index (χ0n) is 9.74. The van der Waals surface area contributed by atoms with Crippen LogP contribution < -0.4 is 4.74 Å². The van der Waals surface area contributed by atoms with Crippen LogP contribution in [0.15, 0.2) is 48.5 Å². The Balaban J connectivity index is 2.13. The maximum absolute atomic E-state index is 11.7. The molecule has 0 unspecified atom stereocenters. The number of ether oxygens (including phenoxy) is 1. The molecule has 0 atom stereocenters. The van der Waals surface area contributed by atoms with Crippen molar-refractivity contribution < 1.29 is 24.5 Å². The van der Waals surface area contributed by atoms with Crippen molar-refractivity contribution in [2.45, 2.75) is 0 Å². The summed E-state index contributed by atoms with van der Waals surface area (Å²) >= 11 is 0. The Morgan fingerprint density at radius 3 is 2.21 bits per heavy atom. The molecule has 0 aliphatic rings. The Hall–Kier alpha value is -2.82. The van der Waals surface area contributed by atoms with E-state index in [4.69, 9.17) is 9.84 Å². The van der Waals surface area contributed by atoms with Gasteiger partial charge in [0.05, 0.1) is 11.1 Å². The Morgan fingerprint density at radius 2 is 1.63 bits per heavy atom. The molecule has 0 aromatic heterocycles. The quantitative estimate of drug-likeness (QED) is 0.652. The van der Waals surface area contributed by atoms with Crippen LogP contribution in [0.1, 0.15) is 20.7 Å². The number of esters is 1. The fraction of sp³-hybridized carbons (Fsp3) is 0. The third-order valence-corrected chi connectivity index (χ3v) is 2.39. The molecule has 0 bridgehead atoms. The van der Waals surface area contributed by atoms with E-state index in [0.29, 0.717) is 0 Å². The van der Waals surface area contributed by atoms with Gasteiger partial charge in [-0.15, -0.1) is 0 Å². The van der Waals surface area contributed by atoms with Crippen molar-refractivity contribution in [2.75, 3.05) is 0 Å². The van der Waals surface area contributed by atoms with Crippen LogP contribution in [0.3, 0.4) is 0 Å². The van der Waals surface area contributed by atoms with Crippen LogP contribution in [0.25, 0.3) is 0 Å². The smallest absolute Gasteiger partial charge is 0.343 e. The van der Waals surface area contributed by atoms with E-state index >= 15 is 0 Å². The summed E-state index contributed by atoms with van der Waals surface area (Å²) in [6.45, 7) is 0. The Morgan fingerprint density at radius 1 is 0.947 bits per heavy atom. The van der Waals surface area contributed by atoms with Crippen LogP contribution >= 0.6 is 0 Å². The second kappa shape index (κ2) is 5.22. The number of hydrogen-bond donors (Lipinski definition) is 2. The summed E-state index contributed by atoms with van der Waals surface area (Å²) in [7, 11) is 0. The van der Waals surface area contributed by atoms with Crippen LogP contribution in [0.4, 0.5) is 0 Å². The maximum atomic E-state index is 11.7. The number of carbonyl (C=O) groups is 2. The predicted molar refractivity (Wildman–Crippen MR) is 66.5 cm³/mol. The predicted octanol–water partition coefficient (Wildman–Crippen LogP) is 2.31. The average molecular weight is 258 g/mol. The van der Waals surface area contributed by atoms with Crippen LogP contribution in [0, 0.1) is 0 Å². The van der Waals surface area contributed by atoms with Gasteiger partial charge in [0.25, 0.3) is 0 Å². The summed E-state index contributed by atoms with van der Waals surface area (Å²) in [6.07, 6.45) is 0. The normalized spacial score (nSPS) is 9.89. The lowest BCUT2D eigenvalue weighted by molar-refractivity contribution is 0.0696. The number of phenolic OH excluding ortho intramolecular Hbond substituents is 1. The van der Waals surface area contributed by atoms with Gasteiger partial charge in [-0.1, -0.05) is 6.07 Å². The number of aromatic hydroxyl groups is 1. The third-order valence-electron chi connectivity index (χ3n) is 2.39. The van der Waals surface area contributed by atoms with Gasteiger partial charge in [0.15, 0.2) is 0 Å². The largest absolute Gasteiger partial charge is 0.508 e. The topological polar surface area (TPSA) is 83.8 Å². The first-order valence-electron chi connectivity index (χ1n) is 5.41. The highest BCUT2D eigenvalue weighted by Gasteiger charge is 2.10. The molecule has 0 radical (unpaired) electrons. The van der Waals surface area contributed by atoms with E-state index in [1.165, 1.54) is 48.5 Å². The van der Waals surface area contributed by atoms with Crippen LogP contribution in [-0.2, 0) is 0 Å².